The van der Waals surface area contributed by atoms with Crippen molar-refractivity contribution in [1.29, 1.82) is 0 Å². The first kappa shape index (κ1) is 13.4. The van der Waals surface area contributed by atoms with Crippen LogP contribution in [0.4, 0.5) is 0 Å². The van der Waals surface area contributed by atoms with Gasteiger partial charge in [-0.15, -0.1) is 0 Å². The smallest absolute Gasteiger partial charge is 0.308 e. The third kappa shape index (κ3) is 8.05. The van der Waals surface area contributed by atoms with Crippen LogP contribution in [0.2, 0.25) is 0 Å². The van der Waals surface area contributed by atoms with Crippen LogP contribution in [0.25, 0.3) is 0 Å². The molecule has 0 rings (SSSR count). The third-order valence-electron chi connectivity index (χ3n) is 1.82. The highest BCUT2D eigenvalue weighted by Crippen LogP contribution is 2.07. The fourth-order valence-electron chi connectivity index (χ4n) is 1.31. The van der Waals surface area contributed by atoms with E-state index in [1.807, 2.05) is 6.92 Å². The monoisotopic (exact) mass is 202 g/mol. The number of ether oxygens (including phenoxy) is 2. The molecule has 3 heteroatoms. The zero-order valence-electron chi connectivity index (χ0n) is 9.71. The van der Waals surface area contributed by atoms with Crippen LogP contribution >= 0.6 is 0 Å². The lowest BCUT2D eigenvalue weighted by Gasteiger charge is -2.14. The van der Waals surface area contributed by atoms with E-state index in [0.29, 0.717) is 25.6 Å². The maximum atomic E-state index is 10.9. The van der Waals surface area contributed by atoms with Crippen LogP contribution in [-0.4, -0.2) is 25.3 Å². The van der Waals surface area contributed by atoms with Crippen LogP contribution in [0.15, 0.2) is 0 Å². The van der Waals surface area contributed by atoms with Crippen molar-refractivity contribution in [3.05, 3.63) is 0 Å². The van der Waals surface area contributed by atoms with E-state index in [1.54, 1.807) is 6.92 Å². The molecular weight excluding hydrogens is 180 g/mol. The second kappa shape index (κ2) is 7.80. The van der Waals surface area contributed by atoms with Gasteiger partial charge in [0.25, 0.3) is 0 Å². The molecule has 0 aliphatic carbocycles. The van der Waals surface area contributed by atoms with Crippen LogP contribution in [0.3, 0.4) is 0 Å². The predicted octanol–water partition coefficient (Wildman–Crippen LogP) is 2.39. The normalized spacial score (nSPS) is 12.9. The minimum atomic E-state index is -0.177. The summed E-state index contributed by atoms with van der Waals surface area (Å²) in [6, 6.07) is 0. The van der Waals surface area contributed by atoms with E-state index < -0.39 is 0 Å². The highest BCUT2D eigenvalue weighted by atomic mass is 16.5. The lowest BCUT2D eigenvalue weighted by atomic mass is 10.1. The highest BCUT2D eigenvalue weighted by Gasteiger charge is 2.07. The van der Waals surface area contributed by atoms with Gasteiger partial charge < -0.3 is 9.47 Å². The molecule has 84 valence electrons. The summed E-state index contributed by atoms with van der Waals surface area (Å²) in [6.45, 7) is 9.06. The maximum Gasteiger partial charge on any atom is 0.308 e. The molecule has 14 heavy (non-hydrogen) atoms. The zero-order chi connectivity index (χ0) is 11.0. The van der Waals surface area contributed by atoms with Crippen molar-refractivity contribution < 1.29 is 14.3 Å². The van der Waals surface area contributed by atoms with Gasteiger partial charge in [0.2, 0.25) is 0 Å². The molecule has 0 aliphatic rings. The molecule has 0 saturated heterocycles. The van der Waals surface area contributed by atoms with E-state index in [0.717, 1.165) is 6.42 Å². The summed E-state index contributed by atoms with van der Waals surface area (Å²) in [6.07, 6.45) is 1.61. The zero-order valence-corrected chi connectivity index (χ0v) is 9.71. The summed E-state index contributed by atoms with van der Waals surface area (Å²) in [7, 11) is 0. The molecule has 0 amide bonds. The van der Waals surface area contributed by atoms with Gasteiger partial charge in [-0.2, -0.15) is 0 Å². The van der Waals surface area contributed by atoms with Crippen molar-refractivity contribution >= 4 is 5.97 Å². The van der Waals surface area contributed by atoms with E-state index in [2.05, 4.69) is 13.8 Å². The highest BCUT2D eigenvalue weighted by molar-refractivity contribution is 5.69. The van der Waals surface area contributed by atoms with E-state index in [9.17, 15) is 4.79 Å². The second-order valence-corrected chi connectivity index (χ2v) is 3.87. The van der Waals surface area contributed by atoms with Gasteiger partial charge in [0.1, 0.15) is 0 Å². The average molecular weight is 202 g/mol. The summed E-state index contributed by atoms with van der Waals surface area (Å²) in [5.41, 5.74) is 0. The molecule has 1 unspecified atom stereocenters. The molecule has 0 saturated carbocycles. The first-order chi connectivity index (χ1) is 6.56. The van der Waals surface area contributed by atoms with Gasteiger partial charge in [-0.25, -0.2) is 0 Å². The number of carbonyl (C=O) groups excluding carboxylic acids is 1. The SMILES string of the molecule is CCOC(=O)CCOC(C)CC(C)C. The Balaban J connectivity index is 3.39. The van der Waals surface area contributed by atoms with E-state index in [-0.39, 0.29) is 12.1 Å². The van der Waals surface area contributed by atoms with Gasteiger partial charge in [-0.3, -0.25) is 4.79 Å². The van der Waals surface area contributed by atoms with Crippen LogP contribution in [0, 0.1) is 5.92 Å². The predicted molar refractivity (Wildman–Crippen MR) is 56.1 cm³/mol. The van der Waals surface area contributed by atoms with E-state index in [4.69, 9.17) is 9.47 Å². The first-order valence-corrected chi connectivity index (χ1v) is 5.33. The summed E-state index contributed by atoms with van der Waals surface area (Å²) in [5, 5.41) is 0. The largest absolute Gasteiger partial charge is 0.466 e. The van der Waals surface area contributed by atoms with Gasteiger partial charge >= 0.3 is 5.97 Å². The van der Waals surface area contributed by atoms with Gasteiger partial charge in [-0.1, -0.05) is 13.8 Å². The molecule has 0 radical (unpaired) electrons. The molecule has 0 spiro atoms. The van der Waals surface area contributed by atoms with E-state index in [1.165, 1.54) is 0 Å². The molecule has 0 aromatic rings. The molecule has 0 aliphatic heterocycles. The number of hydrogen-bond acceptors (Lipinski definition) is 3. The molecule has 0 bridgehead atoms. The molecular formula is C11H22O3. The molecule has 0 aromatic carbocycles. The Hall–Kier alpha value is -0.570. The summed E-state index contributed by atoms with van der Waals surface area (Å²) >= 11 is 0. The van der Waals surface area contributed by atoms with E-state index >= 15 is 0 Å². The van der Waals surface area contributed by atoms with Crippen molar-refractivity contribution in [2.24, 2.45) is 5.92 Å². The minimum absolute atomic E-state index is 0.177. The summed E-state index contributed by atoms with van der Waals surface area (Å²) in [5.74, 6) is 0.455. The quantitative estimate of drug-likeness (QED) is 0.595. The topological polar surface area (TPSA) is 35.5 Å². The maximum absolute atomic E-state index is 10.9. The van der Waals surface area contributed by atoms with Gasteiger partial charge in [0, 0.05) is 0 Å². The van der Waals surface area contributed by atoms with Crippen LogP contribution < -0.4 is 0 Å². The van der Waals surface area contributed by atoms with Crippen molar-refractivity contribution in [3.8, 4) is 0 Å². The fourth-order valence-corrected chi connectivity index (χ4v) is 1.31. The van der Waals surface area contributed by atoms with Crippen molar-refractivity contribution in [2.75, 3.05) is 13.2 Å². The second-order valence-electron chi connectivity index (χ2n) is 3.87. The van der Waals surface area contributed by atoms with Crippen molar-refractivity contribution in [1.82, 2.24) is 0 Å². The fraction of sp³-hybridized carbons (Fsp3) is 0.909. The van der Waals surface area contributed by atoms with Crippen molar-refractivity contribution in [3.63, 3.8) is 0 Å². The average Bonchev–Trinajstić information content (AvgIpc) is 2.02. The Morgan fingerprint density at radius 1 is 1.29 bits per heavy atom. The number of rotatable bonds is 7. The standard InChI is InChI=1S/C11H22O3/c1-5-13-11(12)6-7-14-10(4)8-9(2)3/h9-10H,5-8H2,1-4H3. The Labute approximate surface area is 86.8 Å². The van der Waals surface area contributed by atoms with Crippen LogP contribution in [-0.2, 0) is 14.3 Å². The Bertz CT molecular complexity index is 155. The van der Waals surface area contributed by atoms with Crippen molar-refractivity contribution in [2.45, 2.75) is 46.6 Å². The molecule has 1 atom stereocenters. The Kier molecular flexibility index (Phi) is 7.48. The molecule has 3 nitrogen and oxygen atoms in total. The van der Waals surface area contributed by atoms with Gasteiger partial charge in [0.15, 0.2) is 0 Å². The Morgan fingerprint density at radius 3 is 2.43 bits per heavy atom. The summed E-state index contributed by atoms with van der Waals surface area (Å²) in [4.78, 5) is 10.9. The molecule has 0 N–H and O–H groups in total. The molecule has 0 fully saturated rings. The Morgan fingerprint density at radius 2 is 1.93 bits per heavy atom. The third-order valence-corrected chi connectivity index (χ3v) is 1.82. The lowest BCUT2D eigenvalue weighted by Crippen LogP contribution is -2.15. The summed E-state index contributed by atoms with van der Waals surface area (Å²) < 4.78 is 10.3. The minimum Gasteiger partial charge on any atom is -0.466 e. The number of esters is 1. The first-order valence-electron chi connectivity index (χ1n) is 5.33. The lowest BCUT2D eigenvalue weighted by molar-refractivity contribution is -0.144. The molecule has 0 heterocycles. The molecule has 0 aromatic heterocycles. The number of carbonyl (C=O) groups is 1. The number of hydrogen-bond donors (Lipinski definition) is 0. The van der Waals surface area contributed by atoms with Crippen LogP contribution in [0.5, 0.6) is 0 Å². The van der Waals surface area contributed by atoms with Crippen LogP contribution in [0.1, 0.15) is 40.5 Å². The van der Waals surface area contributed by atoms with Gasteiger partial charge in [0.05, 0.1) is 25.7 Å². The van der Waals surface area contributed by atoms with Gasteiger partial charge in [-0.05, 0) is 26.2 Å².